The van der Waals surface area contributed by atoms with Crippen LogP contribution in [0.2, 0.25) is 0 Å². The summed E-state index contributed by atoms with van der Waals surface area (Å²) in [5.41, 5.74) is 5.64. The maximum atomic E-state index is 12.8. The Morgan fingerprint density at radius 3 is 2.88 bits per heavy atom. The van der Waals surface area contributed by atoms with Crippen LogP contribution >= 0.6 is 11.3 Å². The molecular weight excluding hydrogens is 444 g/mol. The van der Waals surface area contributed by atoms with Gasteiger partial charge in [-0.05, 0) is 35.4 Å². The van der Waals surface area contributed by atoms with Crippen LogP contribution in [0.25, 0.3) is 0 Å². The molecule has 1 N–H and O–H groups in total. The summed E-state index contributed by atoms with van der Waals surface area (Å²) in [5.74, 6) is 0.895. The van der Waals surface area contributed by atoms with Crippen molar-refractivity contribution in [1.29, 1.82) is 0 Å². The van der Waals surface area contributed by atoms with Gasteiger partial charge in [0, 0.05) is 42.5 Å². The minimum Gasteiger partial charge on any atom is -0.484 e. The lowest BCUT2D eigenvalue weighted by Gasteiger charge is -2.23. The van der Waals surface area contributed by atoms with Crippen LogP contribution in [0.1, 0.15) is 33.9 Å². The predicted octanol–water partition coefficient (Wildman–Crippen LogP) is 4.55. The minimum absolute atomic E-state index is 0.00372. The first-order chi connectivity index (χ1) is 16.6. The Bertz CT molecular complexity index is 1240. The van der Waals surface area contributed by atoms with E-state index in [2.05, 4.69) is 63.3 Å². The summed E-state index contributed by atoms with van der Waals surface area (Å²) in [6, 6.07) is 18.6. The molecule has 1 atom stereocenters. The van der Waals surface area contributed by atoms with Crippen LogP contribution in [0.15, 0.2) is 77.8 Å². The molecule has 1 unspecified atom stereocenters. The summed E-state index contributed by atoms with van der Waals surface area (Å²) < 4.78 is 8.27. The third kappa shape index (κ3) is 5.55. The fraction of sp³-hybridized carbons (Fsp3) is 0.259. The van der Waals surface area contributed by atoms with E-state index in [4.69, 9.17) is 4.74 Å². The maximum absolute atomic E-state index is 12.8. The van der Waals surface area contributed by atoms with Gasteiger partial charge in [-0.3, -0.25) is 14.4 Å². The van der Waals surface area contributed by atoms with Gasteiger partial charge in [-0.25, -0.2) is 0 Å². The van der Waals surface area contributed by atoms with Crippen molar-refractivity contribution in [3.05, 3.63) is 106 Å². The number of thiophene rings is 1. The predicted molar refractivity (Wildman–Crippen MR) is 134 cm³/mol. The van der Waals surface area contributed by atoms with E-state index >= 15 is 0 Å². The van der Waals surface area contributed by atoms with E-state index in [0.29, 0.717) is 32.7 Å². The molecule has 0 aliphatic carbocycles. The van der Waals surface area contributed by atoms with Crippen molar-refractivity contribution in [2.24, 2.45) is 0 Å². The fourth-order valence-corrected chi connectivity index (χ4v) is 4.95. The SMILES string of the molecule is Cc1ccc2c(c1)CN(CC(=O)NCc1cnn(Cc3ccccc3)c1)CC(c1ccsc1)O2. The number of aryl methyl sites for hydroxylation is 1. The molecule has 0 fully saturated rings. The van der Waals surface area contributed by atoms with Gasteiger partial charge in [0.2, 0.25) is 5.91 Å². The molecule has 0 saturated heterocycles. The molecule has 5 rings (SSSR count). The highest BCUT2D eigenvalue weighted by Crippen LogP contribution is 2.32. The molecule has 0 spiro atoms. The summed E-state index contributed by atoms with van der Waals surface area (Å²) in [6.45, 7) is 4.91. The number of nitrogens with one attached hydrogen (secondary N) is 1. The number of nitrogens with zero attached hydrogens (tertiary/aromatic N) is 3. The van der Waals surface area contributed by atoms with Crippen molar-refractivity contribution < 1.29 is 9.53 Å². The van der Waals surface area contributed by atoms with Crippen LogP contribution in [0.5, 0.6) is 5.75 Å². The van der Waals surface area contributed by atoms with Crippen molar-refractivity contribution in [2.45, 2.75) is 32.7 Å². The van der Waals surface area contributed by atoms with E-state index in [-0.39, 0.29) is 12.0 Å². The summed E-state index contributed by atoms with van der Waals surface area (Å²) in [6.07, 6.45) is 3.70. The second kappa shape index (κ2) is 10.2. The quantitative estimate of drug-likeness (QED) is 0.429. The first kappa shape index (κ1) is 22.4. The molecule has 4 aromatic rings. The first-order valence-electron chi connectivity index (χ1n) is 11.4. The number of carbonyl (C=O) groups is 1. The number of hydrogen-bond acceptors (Lipinski definition) is 5. The second-order valence-electron chi connectivity index (χ2n) is 8.75. The zero-order chi connectivity index (χ0) is 23.3. The summed E-state index contributed by atoms with van der Waals surface area (Å²) in [7, 11) is 0. The van der Waals surface area contributed by atoms with Crippen molar-refractivity contribution in [3.63, 3.8) is 0 Å². The van der Waals surface area contributed by atoms with Gasteiger partial charge in [0.15, 0.2) is 0 Å². The summed E-state index contributed by atoms with van der Waals surface area (Å²) >= 11 is 1.66. The van der Waals surface area contributed by atoms with E-state index in [1.807, 2.05) is 41.3 Å². The lowest BCUT2D eigenvalue weighted by Crippen LogP contribution is -2.38. The van der Waals surface area contributed by atoms with Crippen LogP contribution < -0.4 is 10.1 Å². The number of fused-ring (bicyclic) bond motifs is 1. The molecular formula is C27H28N4O2S. The normalized spacial score (nSPS) is 15.9. The first-order valence-corrected chi connectivity index (χ1v) is 12.4. The van der Waals surface area contributed by atoms with Gasteiger partial charge in [-0.2, -0.15) is 16.4 Å². The zero-order valence-corrected chi connectivity index (χ0v) is 20.0. The third-order valence-electron chi connectivity index (χ3n) is 5.95. The van der Waals surface area contributed by atoms with Crippen molar-refractivity contribution in [3.8, 4) is 5.75 Å². The number of aromatic nitrogens is 2. The Balaban J connectivity index is 1.21. The second-order valence-corrected chi connectivity index (χ2v) is 9.53. The molecule has 7 heteroatoms. The molecule has 0 radical (unpaired) electrons. The van der Waals surface area contributed by atoms with Gasteiger partial charge in [0.25, 0.3) is 0 Å². The van der Waals surface area contributed by atoms with Crippen LogP contribution in [0, 0.1) is 6.92 Å². The van der Waals surface area contributed by atoms with Crippen LogP contribution in [0.4, 0.5) is 0 Å². The third-order valence-corrected chi connectivity index (χ3v) is 6.65. The Morgan fingerprint density at radius 2 is 2.06 bits per heavy atom. The van der Waals surface area contributed by atoms with Gasteiger partial charge >= 0.3 is 0 Å². The van der Waals surface area contributed by atoms with Crippen LogP contribution in [-0.2, 0) is 24.4 Å². The number of carbonyl (C=O) groups excluding carboxylic acids is 1. The molecule has 3 heterocycles. The average Bonchev–Trinajstić information content (AvgIpc) is 3.49. The van der Waals surface area contributed by atoms with Gasteiger partial charge in [0.05, 0.1) is 19.3 Å². The topological polar surface area (TPSA) is 59.4 Å². The number of benzene rings is 2. The Kier molecular flexibility index (Phi) is 6.74. The maximum Gasteiger partial charge on any atom is 0.234 e. The molecule has 1 amide bonds. The fourth-order valence-electron chi connectivity index (χ4n) is 4.24. The van der Waals surface area contributed by atoms with Gasteiger partial charge < -0.3 is 10.1 Å². The molecule has 6 nitrogen and oxygen atoms in total. The minimum atomic E-state index is -0.0979. The van der Waals surface area contributed by atoms with E-state index < -0.39 is 0 Å². The van der Waals surface area contributed by atoms with E-state index in [9.17, 15) is 4.79 Å². The summed E-state index contributed by atoms with van der Waals surface area (Å²) in [4.78, 5) is 15.0. The zero-order valence-electron chi connectivity index (χ0n) is 19.2. The molecule has 174 valence electrons. The molecule has 2 aromatic heterocycles. The number of ether oxygens (including phenoxy) is 1. The van der Waals surface area contributed by atoms with Gasteiger partial charge in [0.1, 0.15) is 11.9 Å². The van der Waals surface area contributed by atoms with Crippen LogP contribution in [0.3, 0.4) is 0 Å². The molecule has 0 saturated carbocycles. The largest absolute Gasteiger partial charge is 0.484 e. The molecule has 2 aromatic carbocycles. The monoisotopic (exact) mass is 472 g/mol. The number of hydrogen-bond donors (Lipinski definition) is 1. The van der Waals surface area contributed by atoms with Crippen molar-refractivity contribution in [2.75, 3.05) is 13.1 Å². The average molecular weight is 473 g/mol. The Morgan fingerprint density at radius 1 is 1.18 bits per heavy atom. The number of amides is 1. The standard InChI is InChI=1S/C27H28N4O2S/c1-20-7-8-25-24(11-20)16-30(17-26(33-25)23-9-10-34-19-23)18-27(32)28-12-22-13-29-31(15-22)14-21-5-3-2-4-6-21/h2-11,13,15,19,26H,12,14,16-18H2,1H3,(H,28,32). The smallest absolute Gasteiger partial charge is 0.234 e. The molecule has 0 bridgehead atoms. The van der Waals surface area contributed by atoms with Crippen molar-refractivity contribution >= 4 is 17.2 Å². The van der Waals surface area contributed by atoms with E-state index in [1.165, 1.54) is 11.1 Å². The highest BCUT2D eigenvalue weighted by atomic mass is 32.1. The Hall–Kier alpha value is -3.42. The highest BCUT2D eigenvalue weighted by Gasteiger charge is 2.26. The molecule has 1 aliphatic rings. The molecule has 1 aliphatic heterocycles. The highest BCUT2D eigenvalue weighted by molar-refractivity contribution is 7.07. The lowest BCUT2D eigenvalue weighted by molar-refractivity contribution is -0.122. The van der Waals surface area contributed by atoms with Crippen molar-refractivity contribution in [1.82, 2.24) is 20.0 Å². The van der Waals surface area contributed by atoms with Gasteiger partial charge in [-0.15, -0.1) is 0 Å². The van der Waals surface area contributed by atoms with E-state index in [0.717, 1.165) is 22.4 Å². The Labute approximate surface area is 203 Å². The number of rotatable bonds is 7. The van der Waals surface area contributed by atoms with E-state index in [1.54, 1.807) is 11.3 Å². The molecule has 34 heavy (non-hydrogen) atoms. The van der Waals surface area contributed by atoms with Gasteiger partial charge in [-0.1, -0.05) is 48.0 Å². The summed E-state index contributed by atoms with van der Waals surface area (Å²) in [5, 5.41) is 11.7. The van der Waals surface area contributed by atoms with Crippen LogP contribution in [-0.4, -0.2) is 33.7 Å². The lowest BCUT2D eigenvalue weighted by atomic mass is 10.1.